The summed E-state index contributed by atoms with van der Waals surface area (Å²) in [7, 11) is 1.64. The van der Waals surface area contributed by atoms with Crippen LogP contribution in [0.5, 0.6) is 0 Å². The van der Waals surface area contributed by atoms with Gasteiger partial charge in [0.25, 0.3) is 5.91 Å². The fraction of sp³-hybridized carbons (Fsp3) is 0.304. The lowest BCUT2D eigenvalue weighted by Gasteiger charge is -2.17. The standard InChI is InChI=1S/C23H26N6O2/c1-14-20(15(2)29-12-11-25-22(31)21(14)29)18-9-10-26-23(28-18)27-17-6-4-5-16(13-17)7-8-19(30)24-3/h4-6,9-10,13H,7-8,11-12H2,1-3H3,(H,24,30)(H,25,31)(H,26,27,28). The smallest absolute Gasteiger partial charge is 0.268 e. The van der Waals surface area contributed by atoms with E-state index in [1.54, 1.807) is 13.2 Å². The molecule has 4 rings (SSSR count). The van der Waals surface area contributed by atoms with Crippen LogP contribution in [0.25, 0.3) is 11.3 Å². The van der Waals surface area contributed by atoms with Crippen molar-refractivity contribution in [2.45, 2.75) is 33.2 Å². The number of fused-ring (bicyclic) bond motifs is 1. The van der Waals surface area contributed by atoms with Gasteiger partial charge in [-0.2, -0.15) is 0 Å². The molecule has 0 unspecified atom stereocenters. The van der Waals surface area contributed by atoms with Gasteiger partial charge in [-0.25, -0.2) is 9.97 Å². The molecule has 1 aliphatic rings. The van der Waals surface area contributed by atoms with Crippen molar-refractivity contribution in [3.63, 3.8) is 0 Å². The van der Waals surface area contributed by atoms with Crippen molar-refractivity contribution >= 4 is 23.5 Å². The predicted molar refractivity (Wildman–Crippen MR) is 119 cm³/mol. The fourth-order valence-corrected chi connectivity index (χ4v) is 4.08. The Hall–Kier alpha value is -3.68. The van der Waals surface area contributed by atoms with Crippen LogP contribution in [0.15, 0.2) is 36.5 Å². The summed E-state index contributed by atoms with van der Waals surface area (Å²) in [4.78, 5) is 32.9. The third-order valence-corrected chi connectivity index (χ3v) is 5.62. The van der Waals surface area contributed by atoms with Crippen LogP contribution >= 0.6 is 0 Å². The molecule has 31 heavy (non-hydrogen) atoms. The molecule has 0 saturated carbocycles. The number of aromatic nitrogens is 3. The van der Waals surface area contributed by atoms with Crippen LogP contribution < -0.4 is 16.0 Å². The van der Waals surface area contributed by atoms with Crippen LogP contribution in [0.4, 0.5) is 11.6 Å². The lowest BCUT2D eigenvalue weighted by Crippen LogP contribution is -2.35. The lowest BCUT2D eigenvalue weighted by atomic mass is 10.1. The van der Waals surface area contributed by atoms with Crippen LogP contribution in [0.2, 0.25) is 0 Å². The highest BCUT2D eigenvalue weighted by Crippen LogP contribution is 2.32. The number of anilines is 2. The Balaban J connectivity index is 1.59. The van der Waals surface area contributed by atoms with Crippen molar-refractivity contribution < 1.29 is 9.59 Å². The third-order valence-electron chi connectivity index (χ3n) is 5.62. The number of hydrogen-bond acceptors (Lipinski definition) is 5. The van der Waals surface area contributed by atoms with Crippen molar-refractivity contribution in [3.8, 4) is 11.3 Å². The minimum Gasteiger partial charge on any atom is -0.359 e. The highest BCUT2D eigenvalue weighted by atomic mass is 16.2. The van der Waals surface area contributed by atoms with Gasteiger partial charge in [0, 0.05) is 49.7 Å². The summed E-state index contributed by atoms with van der Waals surface area (Å²) in [5.74, 6) is 0.455. The number of nitrogens with zero attached hydrogens (tertiary/aromatic N) is 3. The van der Waals surface area contributed by atoms with Crippen LogP contribution in [0, 0.1) is 13.8 Å². The molecule has 0 atom stereocenters. The molecule has 3 aromatic rings. The highest BCUT2D eigenvalue weighted by molar-refractivity contribution is 5.97. The molecule has 0 saturated heterocycles. The van der Waals surface area contributed by atoms with E-state index in [1.807, 2.05) is 44.2 Å². The molecule has 0 spiro atoms. The van der Waals surface area contributed by atoms with Gasteiger partial charge in [0.15, 0.2) is 0 Å². The molecule has 0 aliphatic carbocycles. The second kappa shape index (κ2) is 8.59. The molecule has 0 fully saturated rings. The molecule has 0 radical (unpaired) electrons. The zero-order valence-corrected chi connectivity index (χ0v) is 18.0. The number of carbonyl (C=O) groups excluding carboxylic acids is 2. The maximum atomic E-state index is 12.4. The molecular weight excluding hydrogens is 392 g/mol. The number of benzene rings is 1. The summed E-state index contributed by atoms with van der Waals surface area (Å²) in [5, 5.41) is 8.81. The van der Waals surface area contributed by atoms with Gasteiger partial charge in [0.05, 0.1) is 5.69 Å². The van der Waals surface area contributed by atoms with Gasteiger partial charge < -0.3 is 20.5 Å². The first kappa shape index (κ1) is 20.6. The van der Waals surface area contributed by atoms with E-state index in [2.05, 4.69) is 25.5 Å². The van der Waals surface area contributed by atoms with Gasteiger partial charge in [0.1, 0.15) is 5.69 Å². The van der Waals surface area contributed by atoms with Crippen LogP contribution in [-0.2, 0) is 17.8 Å². The SMILES string of the molecule is CNC(=O)CCc1cccc(Nc2nccc(-c3c(C)c4n(c3C)CCNC4=O)n2)c1. The van der Waals surface area contributed by atoms with Crippen LogP contribution in [-0.4, -0.2) is 39.9 Å². The second-order valence-corrected chi connectivity index (χ2v) is 7.61. The summed E-state index contributed by atoms with van der Waals surface area (Å²) >= 11 is 0. The fourth-order valence-electron chi connectivity index (χ4n) is 4.08. The summed E-state index contributed by atoms with van der Waals surface area (Å²) in [6.45, 7) is 5.37. The van der Waals surface area contributed by atoms with E-state index in [-0.39, 0.29) is 11.8 Å². The third kappa shape index (κ3) is 4.14. The summed E-state index contributed by atoms with van der Waals surface area (Å²) in [6, 6.07) is 9.74. The van der Waals surface area contributed by atoms with E-state index in [0.29, 0.717) is 31.0 Å². The average Bonchev–Trinajstić information content (AvgIpc) is 3.03. The van der Waals surface area contributed by atoms with E-state index >= 15 is 0 Å². The van der Waals surface area contributed by atoms with Crippen molar-refractivity contribution in [2.75, 3.05) is 18.9 Å². The van der Waals surface area contributed by atoms with E-state index in [9.17, 15) is 9.59 Å². The molecule has 1 aliphatic heterocycles. The molecule has 0 bridgehead atoms. The Morgan fingerprint density at radius 2 is 2.10 bits per heavy atom. The van der Waals surface area contributed by atoms with Gasteiger partial charge in [0.2, 0.25) is 11.9 Å². The van der Waals surface area contributed by atoms with Crippen molar-refractivity contribution in [1.29, 1.82) is 0 Å². The zero-order chi connectivity index (χ0) is 22.0. The average molecular weight is 419 g/mol. The first-order valence-electron chi connectivity index (χ1n) is 10.4. The Labute approximate surface area is 181 Å². The summed E-state index contributed by atoms with van der Waals surface area (Å²) in [6.07, 6.45) is 2.82. The maximum Gasteiger partial charge on any atom is 0.268 e. The number of aryl methyl sites for hydroxylation is 1. The number of nitrogens with one attached hydrogen (secondary N) is 3. The topological polar surface area (TPSA) is 101 Å². The minimum absolute atomic E-state index is 0.0177. The number of rotatable bonds is 6. The molecule has 1 aromatic carbocycles. The van der Waals surface area contributed by atoms with Gasteiger partial charge in [-0.3, -0.25) is 9.59 Å². The van der Waals surface area contributed by atoms with Crippen molar-refractivity contribution in [2.24, 2.45) is 0 Å². The van der Waals surface area contributed by atoms with Crippen LogP contribution in [0.3, 0.4) is 0 Å². The predicted octanol–water partition coefficient (Wildman–Crippen LogP) is 2.73. The van der Waals surface area contributed by atoms with Gasteiger partial charge >= 0.3 is 0 Å². The molecule has 2 aromatic heterocycles. The second-order valence-electron chi connectivity index (χ2n) is 7.61. The maximum absolute atomic E-state index is 12.4. The van der Waals surface area contributed by atoms with Gasteiger partial charge in [-0.05, 0) is 49.6 Å². The highest BCUT2D eigenvalue weighted by Gasteiger charge is 2.26. The Morgan fingerprint density at radius 1 is 1.26 bits per heavy atom. The quantitative estimate of drug-likeness (QED) is 0.571. The van der Waals surface area contributed by atoms with Crippen molar-refractivity contribution in [3.05, 3.63) is 59.0 Å². The molecule has 160 valence electrons. The number of amides is 2. The van der Waals surface area contributed by atoms with E-state index in [0.717, 1.165) is 40.3 Å². The molecule has 8 heteroatoms. The summed E-state index contributed by atoms with van der Waals surface area (Å²) in [5.41, 5.74) is 6.32. The first-order valence-corrected chi connectivity index (χ1v) is 10.4. The molecule has 8 nitrogen and oxygen atoms in total. The molecule has 3 N–H and O–H groups in total. The lowest BCUT2D eigenvalue weighted by molar-refractivity contribution is -0.120. The largest absolute Gasteiger partial charge is 0.359 e. The summed E-state index contributed by atoms with van der Waals surface area (Å²) < 4.78 is 2.06. The van der Waals surface area contributed by atoms with Crippen LogP contribution in [0.1, 0.15) is 33.7 Å². The Bertz CT molecular complexity index is 1150. The van der Waals surface area contributed by atoms with E-state index in [1.165, 1.54) is 0 Å². The van der Waals surface area contributed by atoms with Crippen molar-refractivity contribution in [1.82, 2.24) is 25.2 Å². The molecule has 3 heterocycles. The van der Waals surface area contributed by atoms with E-state index < -0.39 is 0 Å². The molecule has 2 amide bonds. The number of hydrogen-bond donors (Lipinski definition) is 3. The minimum atomic E-state index is -0.0425. The monoisotopic (exact) mass is 418 g/mol. The first-order chi connectivity index (χ1) is 15.0. The molecular formula is C23H26N6O2. The van der Waals surface area contributed by atoms with Gasteiger partial charge in [-0.1, -0.05) is 12.1 Å². The Morgan fingerprint density at radius 3 is 2.87 bits per heavy atom. The normalized spacial score (nSPS) is 12.8. The Kier molecular flexibility index (Phi) is 5.70. The van der Waals surface area contributed by atoms with E-state index in [4.69, 9.17) is 4.98 Å². The van der Waals surface area contributed by atoms with Gasteiger partial charge in [-0.15, -0.1) is 0 Å². The number of carbonyl (C=O) groups is 2. The zero-order valence-electron chi connectivity index (χ0n) is 18.0.